The van der Waals surface area contributed by atoms with Gasteiger partial charge in [-0.3, -0.25) is 4.79 Å². The second-order valence-corrected chi connectivity index (χ2v) is 5.04. The molecule has 1 amide bonds. The Kier molecular flexibility index (Phi) is 6.11. The first-order valence-corrected chi connectivity index (χ1v) is 6.84. The van der Waals surface area contributed by atoms with Gasteiger partial charge in [0.25, 0.3) is 0 Å². The van der Waals surface area contributed by atoms with Crippen LogP contribution in [0.15, 0.2) is 30.3 Å². The maximum absolute atomic E-state index is 12.0. The van der Waals surface area contributed by atoms with Crippen LogP contribution in [0.25, 0.3) is 6.08 Å². The van der Waals surface area contributed by atoms with E-state index in [9.17, 15) is 9.59 Å². The Balaban J connectivity index is 2.66. The molecule has 0 aromatic heterocycles. The van der Waals surface area contributed by atoms with E-state index in [0.29, 0.717) is 12.3 Å². The number of esters is 1. The highest BCUT2D eigenvalue weighted by atomic mass is 16.5. The first-order valence-electron chi connectivity index (χ1n) is 6.84. The van der Waals surface area contributed by atoms with E-state index in [0.717, 1.165) is 5.56 Å². The number of anilines is 1. The Hall–Kier alpha value is -2.14. The van der Waals surface area contributed by atoms with Crippen molar-refractivity contribution in [1.29, 1.82) is 0 Å². The van der Waals surface area contributed by atoms with E-state index in [-0.39, 0.29) is 11.9 Å². The number of carbonyl (C=O) groups is 2. The van der Waals surface area contributed by atoms with Gasteiger partial charge in [0.2, 0.25) is 5.91 Å². The van der Waals surface area contributed by atoms with Crippen molar-refractivity contribution >= 4 is 23.6 Å². The highest BCUT2D eigenvalue weighted by Crippen LogP contribution is 2.13. The summed E-state index contributed by atoms with van der Waals surface area (Å²) in [5.41, 5.74) is 0.924. The van der Waals surface area contributed by atoms with Crippen LogP contribution >= 0.6 is 0 Å². The van der Waals surface area contributed by atoms with E-state index in [1.807, 2.05) is 12.1 Å². The number of hydrogen-bond donors (Lipinski definition) is 2. The summed E-state index contributed by atoms with van der Waals surface area (Å²) in [6.45, 7) is 5.73. The zero-order chi connectivity index (χ0) is 15.9. The van der Waals surface area contributed by atoms with Crippen LogP contribution in [0.4, 0.5) is 5.69 Å². The normalized spacial score (nSPS) is 11.4. The Labute approximate surface area is 125 Å². The van der Waals surface area contributed by atoms with Crippen LogP contribution in [-0.4, -0.2) is 31.1 Å². The van der Waals surface area contributed by atoms with Crippen LogP contribution in [0, 0.1) is 0 Å². The molecular weight excluding hydrogens is 268 g/mol. The van der Waals surface area contributed by atoms with Crippen LogP contribution in [0.1, 0.15) is 26.3 Å². The molecular formula is C16H22N2O3. The number of carbonyl (C=O) groups excluding carboxylic acids is 2. The third kappa shape index (κ3) is 5.39. The molecule has 1 aromatic rings. The molecule has 0 saturated heterocycles. The molecule has 0 aliphatic rings. The zero-order valence-electron chi connectivity index (χ0n) is 12.9. The number of benzene rings is 1. The molecule has 0 fully saturated rings. The fraction of sp³-hybridized carbons (Fsp3) is 0.375. The van der Waals surface area contributed by atoms with Crippen molar-refractivity contribution in [2.24, 2.45) is 0 Å². The van der Waals surface area contributed by atoms with Gasteiger partial charge in [0, 0.05) is 11.8 Å². The summed E-state index contributed by atoms with van der Waals surface area (Å²) in [6.07, 6.45) is 3.04. The van der Waals surface area contributed by atoms with Gasteiger partial charge in [-0.1, -0.05) is 12.1 Å². The van der Waals surface area contributed by atoms with Crippen LogP contribution in [0.3, 0.4) is 0 Å². The molecule has 0 heterocycles. The van der Waals surface area contributed by atoms with Gasteiger partial charge in [0.15, 0.2) is 0 Å². The van der Waals surface area contributed by atoms with Crippen molar-refractivity contribution in [3.8, 4) is 0 Å². The SMILES string of the molecule is CCOC(=O)C=Cc1ccc(NC(=O)C(C)(C)NC)cc1. The molecule has 0 unspecified atom stereocenters. The maximum atomic E-state index is 12.0. The van der Waals surface area contributed by atoms with E-state index in [2.05, 4.69) is 10.6 Å². The van der Waals surface area contributed by atoms with Gasteiger partial charge in [-0.25, -0.2) is 4.79 Å². The van der Waals surface area contributed by atoms with Crippen molar-refractivity contribution in [3.63, 3.8) is 0 Å². The first kappa shape index (κ1) is 16.9. The Morgan fingerprint density at radius 3 is 2.38 bits per heavy atom. The lowest BCUT2D eigenvalue weighted by Crippen LogP contribution is -2.47. The Morgan fingerprint density at radius 2 is 1.86 bits per heavy atom. The summed E-state index contributed by atoms with van der Waals surface area (Å²) in [6, 6.07) is 7.21. The molecule has 0 radical (unpaired) electrons. The molecule has 2 N–H and O–H groups in total. The van der Waals surface area contributed by atoms with Crippen molar-refractivity contribution in [3.05, 3.63) is 35.9 Å². The van der Waals surface area contributed by atoms with Gasteiger partial charge >= 0.3 is 5.97 Å². The van der Waals surface area contributed by atoms with Gasteiger partial charge in [-0.2, -0.15) is 0 Å². The minimum absolute atomic E-state index is 0.111. The van der Waals surface area contributed by atoms with E-state index < -0.39 is 5.54 Å². The number of ether oxygens (including phenoxy) is 1. The zero-order valence-corrected chi connectivity index (χ0v) is 12.9. The number of amides is 1. The number of hydrogen-bond acceptors (Lipinski definition) is 4. The average Bonchev–Trinajstić information content (AvgIpc) is 2.46. The molecule has 0 aliphatic heterocycles. The molecule has 1 rings (SSSR count). The van der Waals surface area contributed by atoms with Crippen molar-refractivity contribution < 1.29 is 14.3 Å². The predicted octanol–water partition coefficient (Wildman–Crippen LogP) is 2.20. The minimum atomic E-state index is -0.636. The van der Waals surface area contributed by atoms with Crippen molar-refractivity contribution in [2.75, 3.05) is 19.0 Å². The summed E-state index contributed by atoms with van der Waals surface area (Å²) >= 11 is 0. The largest absolute Gasteiger partial charge is 0.463 e. The molecule has 0 saturated carbocycles. The molecule has 1 aromatic carbocycles. The highest BCUT2D eigenvalue weighted by molar-refractivity contribution is 5.97. The standard InChI is InChI=1S/C16H22N2O3/c1-5-21-14(19)11-8-12-6-9-13(10-7-12)18-15(20)16(2,3)17-4/h6-11,17H,5H2,1-4H3,(H,18,20). The maximum Gasteiger partial charge on any atom is 0.330 e. The molecule has 0 spiro atoms. The fourth-order valence-corrected chi connectivity index (χ4v) is 1.43. The second kappa shape index (κ2) is 7.59. The quantitative estimate of drug-likeness (QED) is 0.622. The Morgan fingerprint density at radius 1 is 1.24 bits per heavy atom. The topological polar surface area (TPSA) is 67.4 Å². The van der Waals surface area contributed by atoms with Gasteiger partial charge in [-0.05, 0) is 51.6 Å². The first-order chi connectivity index (χ1) is 9.89. The third-order valence-electron chi connectivity index (χ3n) is 3.06. The average molecular weight is 290 g/mol. The van der Waals surface area contributed by atoms with Crippen molar-refractivity contribution in [1.82, 2.24) is 5.32 Å². The second-order valence-electron chi connectivity index (χ2n) is 5.04. The van der Waals surface area contributed by atoms with Gasteiger partial charge in [-0.15, -0.1) is 0 Å². The van der Waals surface area contributed by atoms with Crippen LogP contribution in [0.5, 0.6) is 0 Å². The van der Waals surface area contributed by atoms with E-state index >= 15 is 0 Å². The number of nitrogens with one attached hydrogen (secondary N) is 2. The lowest BCUT2D eigenvalue weighted by Gasteiger charge is -2.22. The van der Waals surface area contributed by atoms with Crippen LogP contribution < -0.4 is 10.6 Å². The molecule has 21 heavy (non-hydrogen) atoms. The Bertz CT molecular complexity index is 519. The third-order valence-corrected chi connectivity index (χ3v) is 3.06. The highest BCUT2D eigenvalue weighted by Gasteiger charge is 2.24. The number of likely N-dealkylation sites (N-methyl/N-ethyl adjacent to an activating group) is 1. The van der Waals surface area contributed by atoms with E-state index in [1.54, 1.807) is 46.0 Å². The molecule has 114 valence electrons. The number of rotatable bonds is 6. The molecule has 5 nitrogen and oxygen atoms in total. The molecule has 0 aliphatic carbocycles. The van der Waals surface area contributed by atoms with E-state index in [4.69, 9.17) is 4.74 Å². The summed E-state index contributed by atoms with van der Waals surface area (Å²) in [4.78, 5) is 23.2. The van der Waals surface area contributed by atoms with E-state index in [1.165, 1.54) is 6.08 Å². The lowest BCUT2D eigenvalue weighted by molar-refractivity contribution is -0.137. The molecule has 0 bridgehead atoms. The smallest absolute Gasteiger partial charge is 0.330 e. The molecule has 5 heteroatoms. The summed E-state index contributed by atoms with van der Waals surface area (Å²) < 4.78 is 4.80. The summed E-state index contributed by atoms with van der Waals surface area (Å²) in [5, 5.41) is 5.77. The monoisotopic (exact) mass is 290 g/mol. The van der Waals surface area contributed by atoms with Gasteiger partial charge < -0.3 is 15.4 Å². The van der Waals surface area contributed by atoms with Crippen LogP contribution in [0.2, 0.25) is 0 Å². The lowest BCUT2D eigenvalue weighted by atomic mass is 10.0. The fourth-order valence-electron chi connectivity index (χ4n) is 1.43. The summed E-state index contributed by atoms with van der Waals surface area (Å²) in [5.74, 6) is -0.481. The minimum Gasteiger partial charge on any atom is -0.463 e. The van der Waals surface area contributed by atoms with Crippen LogP contribution in [-0.2, 0) is 14.3 Å². The van der Waals surface area contributed by atoms with Gasteiger partial charge in [0.05, 0.1) is 12.1 Å². The predicted molar refractivity (Wildman–Crippen MR) is 83.9 cm³/mol. The molecule has 0 atom stereocenters. The van der Waals surface area contributed by atoms with Crippen molar-refractivity contribution in [2.45, 2.75) is 26.3 Å². The van der Waals surface area contributed by atoms with Gasteiger partial charge in [0.1, 0.15) is 0 Å². The summed E-state index contributed by atoms with van der Waals surface area (Å²) in [7, 11) is 1.74.